The summed E-state index contributed by atoms with van der Waals surface area (Å²) in [5, 5.41) is 0. The Labute approximate surface area is 122 Å². The Hall–Kier alpha value is -1.15. The fourth-order valence-electron chi connectivity index (χ4n) is 3.01. The van der Waals surface area contributed by atoms with E-state index in [9.17, 15) is 4.79 Å². The number of nitrogens with two attached hydrogens (primary N) is 1. The van der Waals surface area contributed by atoms with Crippen LogP contribution in [0.25, 0.3) is 0 Å². The normalized spacial score (nSPS) is 23.6. The summed E-state index contributed by atoms with van der Waals surface area (Å²) in [6, 6.07) is 8.54. The third-order valence-electron chi connectivity index (χ3n) is 4.43. The Morgan fingerprint density at radius 3 is 2.30 bits per heavy atom. The Kier molecular flexibility index (Phi) is 4.64. The van der Waals surface area contributed by atoms with Crippen molar-refractivity contribution in [3.05, 3.63) is 35.4 Å². The number of Topliss-reactive ketones (excluding diaryl/α,β-unsaturated/α-hetero) is 1. The van der Waals surface area contributed by atoms with Crippen molar-refractivity contribution in [3.63, 3.8) is 0 Å². The first-order valence-corrected chi connectivity index (χ1v) is 7.75. The summed E-state index contributed by atoms with van der Waals surface area (Å²) in [5.41, 5.74) is 8.68. The van der Waals surface area contributed by atoms with E-state index in [-0.39, 0.29) is 17.4 Å². The number of ketones is 1. The molecule has 0 bridgehead atoms. The Balaban J connectivity index is 2.01. The van der Waals surface area contributed by atoms with Crippen molar-refractivity contribution < 1.29 is 4.79 Å². The van der Waals surface area contributed by atoms with Crippen molar-refractivity contribution in [2.75, 3.05) is 0 Å². The Morgan fingerprint density at radius 2 is 1.75 bits per heavy atom. The van der Waals surface area contributed by atoms with Gasteiger partial charge in [-0.15, -0.1) is 0 Å². The minimum atomic E-state index is 0.0742. The summed E-state index contributed by atoms with van der Waals surface area (Å²) >= 11 is 0. The van der Waals surface area contributed by atoms with Gasteiger partial charge in [-0.25, -0.2) is 0 Å². The van der Waals surface area contributed by atoms with Crippen LogP contribution in [0.4, 0.5) is 0 Å². The van der Waals surface area contributed by atoms with Gasteiger partial charge in [-0.05, 0) is 29.4 Å². The summed E-state index contributed by atoms with van der Waals surface area (Å²) in [7, 11) is 0. The van der Waals surface area contributed by atoms with Gasteiger partial charge in [-0.1, -0.05) is 57.9 Å². The lowest BCUT2D eigenvalue weighted by molar-refractivity contribution is -0.123. The van der Waals surface area contributed by atoms with E-state index >= 15 is 0 Å². The molecule has 1 aliphatic carbocycles. The lowest BCUT2D eigenvalue weighted by Crippen LogP contribution is -2.38. The molecule has 2 heteroatoms. The van der Waals surface area contributed by atoms with Gasteiger partial charge >= 0.3 is 0 Å². The lowest BCUT2D eigenvalue weighted by atomic mass is 9.80. The zero-order chi connectivity index (χ0) is 14.8. The predicted molar refractivity (Wildman–Crippen MR) is 83.8 cm³/mol. The van der Waals surface area contributed by atoms with Gasteiger partial charge < -0.3 is 5.73 Å². The highest BCUT2D eigenvalue weighted by Gasteiger charge is 2.27. The molecule has 1 fully saturated rings. The number of hydrogen-bond acceptors (Lipinski definition) is 2. The molecule has 110 valence electrons. The van der Waals surface area contributed by atoms with Gasteiger partial charge in [-0.2, -0.15) is 0 Å². The van der Waals surface area contributed by atoms with Gasteiger partial charge in [0.15, 0.2) is 0 Å². The largest absolute Gasteiger partial charge is 0.327 e. The third kappa shape index (κ3) is 3.69. The van der Waals surface area contributed by atoms with E-state index in [1.54, 1.807) is 0 Å². The fraction of sp³-hybridized carbons (Fsp3) is 0.611. The lowest BCUT2D eigenvalue weighted by Gasteiger charge is -2.27. The molecular formula is C18H27NO. The molecule has 0 aliphatic heterocycles. The number of carbonyl (C=O) groups excluding carboxylic acids is 1. The molecule has 2 N–H and O–H groups in total. The van der Waals surface area contributed by atoms with Gasteiger partial charge in [0.05, 0.1) is 0 Å². The maximum Gasteiger partial charge on any atom is 0.141 e. The average molecular weight is 273 g/mol. The summed E-state index contributed by atoms with van der Waals surface area (Å²) in [4.78, 5) is 12.4. The number of hydrogen-bond donors (Lipinski definition) is 1. The van der Waals surface area contributed by atoms with Gasteiger partial charge in [0, 0.05) is 18.4 Å². The molecule has 2 atom stereocenters. The van der Waals surface area contributed by atoms with E-state index in [2.05, 4.69) is 45.0 Å². The summed E-state index contributed by atoms with van der Waals surface area (Å²) in [5.74, 6) is 0.395. The maximum absolute atomic E-state index is 12.4. The van der Waals surface area contributed by atoms with E-state index in [1.165, 1.54) is 12.0 Å². The van der Waals surface area contributed by atoms with Crippen LogP contribution < -0.4 is 5.73 Å². The van der Waals surface area contributed by atoms with Crippen molar-refractivity contribution in [1.29, 1.82) is 0 Å². The zero-order valence-corrected chi connectivity index (χ0v) is 13.0. The molecular weight excluding hydrogens is 246 g/mol. The van der Waals surface area contributed by atoms with Crippen LogP contribution in [0.5, 0.6) is 0 Å². The molecule has 1 aromatic carbocycles. The van der Waals surface area contributed by atoms with Crippen LogP contribution >= 0.6 is 0 Å². The minimum Gasteiger partial charge on any atom is -0.327 e. The van der Waals surface area contributed by atoms with Gasteiger partial charge in [0.2, 0.25) is 0 Å². The first kappa shape index (κ1) is 15.2. The highest BCUT2D eigenvalue weighted by molar-refractivity contribution is 5.84. The van der Waals surface area contributed by atoms with Crippen LogP contribution in [0.1, 0.15) is 57.6 Å². The van der Waals surface area contributed by atoms with Crippen LogP contribution in [0.2, 0.25) is 0 Å². The number of benzene rings is 1. The second-order valence-corrected chi connectivity index (χ2v) is 7.14. The molecule has 20 heavy (non-hydrogen) atoms. The van der Waals surface area contributed by atoms with Crippen LogP contribution in [0.3, 0.4) is 0 Å². The second kappa shape index (κ2) is 6.09. The molecule has 2 nitrogen and oxygen atoms in total. The van der Waals surface area contributed by atoms with Crippen molar-refractivity contribution >= 4 is 5.78 Å². The standard InChI is InChI=1S/C18H27NO/c1-18(2,3)14-10-8-13(9-11-14)12-17(20)15-6-4-5-7-16(15)19/h8-11,15-16H,4-7,12,19H2,1-3H3. The summed E-state index contributed by atoms with van der Waals surface area (Å²) < 4.78 is 0. The summed E-state index contributed by atoms with van der Waals surface area (Å²) in [6.07, 6.45) is 4.82. The van der Waals surface area contributed by atoms with E-state index in [0.29, 0.717) is 12.2 Å². The van der Waals surface area contributed by atoms with Crippen LogP contribution in [-0.2, 0) is 16.6 Å². The van der Waals surface area contributed by atoms with Crippen molar-refractivity contribution in [3.8, 4) is 0 Å². The van der Waals surface area contributed by atoms with Gasteiger partial charge in [0.25, 0.3) is 0 Å². The highest BCUT2D eigenvalue weighted by Crippen LogP contribution is 2.26. The molecule has 2 unspecified atom stereocenters. The maximum atomic E-state index is 12.4. The van der Waals surface area contributed by atoms with Gasteiger partial charge in [0.1, 0.15) is 5.78 Å². The SMILES string of the molecule is CC(C)(C)c1ccc(CC(=O)C2CCCCC2N)cc1. The van der Waals surface area contributed by atoms with Crippen molar-refractivity contribution in [2.45, 2.75) is 64.3 Å². The van der Waals surface area contributed by atoms with Crippen molar-refractivity contribution in [2.24, 2.45) is 11.7 Å². The molecule has 0 heterocycles. The smallest absolute Gasteiger partial charge is 0.141 e. The summed E-state index contributed by atoms with van der Waals surface area (Å²) in [6.45, 7) is 6.61. The minimum absolute atomic E-state index is 0.0742. The molecule has 2 rings (SSSR count). The first-order chi connectivity index (χ1) is 9.38. The predicted octanol–water partition coefficient (Wildman–Crippen LogP) is 3.61. The molecule has 0 saturated heterocycles. The molecule has 0 amide bonds. The Morgan fingerprint density at radius 1 is 1.15 bits per heavy atom. The van der Waals surface area contributed by atoms with Crippen LogP contribution in [-0.4, -0.2) is 11.8 Å². The topological polar surface area (TPSA) is 43.1 Å². The monoisotopic (exact) mass is 273 g/mol. The third-order valence-corrected chi connectivity index (χ3v) is 4.43. The van der Waals surface area contributed by atoms with Crippen LogP contribution in [0, 0.1) is 5.92 Å². The molecule has 0 aromatic heterocycles. The number of carbonyl (C=O) groups is 1. The molecule has 1 saturated carbocycles. The van der Waals surface area contributed by atoms with E-state index in [4.69, 9.17) is 5.73 Å². The molecule has 0 spiro atoms. The van der Waals surface area contributed by atoms with Crippen LogP contribution in [0.15, 0.2) is 24.3 Å². The van der Waals surface area contributed by atoms with Crippen molar-refractivity contribution in [1.82, 2.24) is 0 Å². The zero-order valence-electron chi connectivity index (χ0n) is 13.0. The highest BCUT2D eigenvalue weighted by atomic mass is 16.1. The van der Waals surface area contributed by atoms with E-state index in [0.717, 1.165) is 24.8 Å². The van der Waals surface area contributed by atoms with E-state index < -0.39 is 0 Å². The fourth-order valence-corrected chi connectivity index (χ4v) is 3.01. The Bertz CT molecular complexity index is 455. The van der Waals surface area contributed by atoms with E-state index in [1.807, 2.05) is 0 Å². The number of rotatable bonds is 3. The first-order valence-electron chi connectivity index (χ1n) is 7.75. The van der Waals surface area contributed by atoms with Gasteiger partial charge in [-0.3, -0.25) is 4.79 Å². The molecule has 1 aromatic rings. The molecule has 1 aliphatic rings. The average Bonchev–Trinajstić information content (AvgIpc) is 2.38. The second-order valence-electron chi connectivity index (χ2n) is 7.14. The quantitative estimate of drug-likeness (QED) is 0.914. The molecule has 0 radical (unpaired) electrons.